The third-order valence-corrected chi connectivity index (χ3v) is 4.69. The maximum atomic E-state index is 12.1. The lowest BCUT2D eigenvalue weighted by atomic mass is 10.2. The molecule has 2 aromatic rings. The first-order chi connectivity index (χ1) is 12.8. The number of hydrogen-bond acceptors (Lipinski definition) is 6. The molecule has 0 spiro atoms. The van der Waals surface area contributed by atoms with E-state index in [1.54, 1.807) is 18.2 Å². The first-order valence-corrected chi connectivity index (χ1v) is 9.20. The topological polar surface area (TPSA) is 87.7 Å². The second kappa shape index (κ2) is 9.18. The molecule has 0 aliphatic carbocycles. The molecule has 7 nitrogen and oxygen atoms in total. The quantitative estimate of drug-likeness (QED) is 0.710. The Balaban J connectivity index is 1.79. The first kappa shape index (κ1) is 20.4. The predicted octanol–water partition coefficient (Wildman–Crippen LogP) is 2.42. The van der Waals surface area contributed by atoms with E-state index < -0.39 is 18.0 Å². The Morgan fingerprint density at radius 2 is 1.78 bits per heavy atom. The largest absolute Gasteiger partial charge is 0.451 e. The van der Waals surface area contributed by atoms with E-state index in [1.807, 2.05) is 44.1 Å². The summed E-state index contributed by atoms with van der Waals surface area (Å²) in [4.78, 5) is 39.4. The summed E-state index contributed by atoms with van der Waals surface area (Å²) in [6.07, 6.45) is -0.980. The van der Waals surface area contributed by atoms with Gasteiger partial charge in [-0.15, -0.1) is 11.3 Å². The summed E-state index contributed by atoms with van der Waals surface area (Å²) in [5.74, 6) is -1.47. The number of rotatable bonds is 7. The van der Waals surface area contributed by atoms with Crippen molar-refractivity contribution in [3.63, 3.8) is 0 Å². The van der Waals surface area contributed by atoms with Crippen molar-refractivity contribution in [1.82, 2.24) is 5.32 Å². The number of amides is 2. The van der Waals surface area contributed by atoms with Crippen LogP contribution in [0.1, 0.15) is 21.5 Å². The van der Waals surface area contributed by atoms with Crippen LogP contribution in [0.2, 0.25) is 0 Å². The standard InChI is InChI=1S/C19H23N3O4S/c1-12-5-10-16(27-12)19(25)20-11-17(23)26-13(2)18(24)21-14-6-8-15(9-7-14)22(3)4/h5-10,13H,11H2,1-4H3,(H,20,25)(H,21,24)/t13-/m0/s1. The summed E-state index contributed by atoms with van der Waals surface area (Å²) in [5.41, 5.74) is 1.61. The number of nitrogens with one attached hydrogen (secondary N) is 2. The number of carbonyl (C=O) groups is 3. The molecule has 1 aromatic carbocycles. The van der Waals surface area contributed by atoms with Gasteiger partial charge in [-0.2, -0.15) is 0 Å². The molecule has 27 heavy (non-hydrogen) atoms. The van der Waals surface area contributed by atoms with Crippen LogP contribution in [0.4, 0.5) is 11.4 Å². The molecular weight excluding hydrogens is 366 g/mol. The van der Waals surface area contributed by atoms with Crippen molar-refractivity contribution in [1.29, 1.82) is 0 Å². The lowest BCUT2D eigenvalue weighted by Gasteiger charge is -2.15. The normalized spacial score (nSPS) is 11.4. The predicted molar refractivity (Wildman–Crippen MR) is 106 cm³/mol. The molecule has 0 bridgehead atoms. The maximum Gasteiger partial charge on any atom is 0.326 e. The van der Waals surface area contributed by atoms with Crippen LogP contribution in [0.15, 0.2) is 36.4 Å². The van der Waals surface area contributed by atoms with Crippen molar-refractivity contribution in [3.8, 4) is 0 Å². The highest BCUT2D eigenvalue weighted by Crippen LogP contribution is 2.16. The maximum absolute atomic E-state index is 12.1. The Bertz CT molecular complexity index is 815. The van der Waals surface area contributed by atoms with E-state index in [4.69, 9.17) is 4.74 Å². The van der Waals surface area contributed by atoms with Crippen LogP contribution >= 0.6 is 11.3 Å². The lowest BCUT2D eigenvalue weighted by molar-refractivity contribution is -0.152. The van der Waals surface area contributed by atoms with Crippen molar-refractivity contribution >= 4 is 40.5 Å². The Hall–Kier alpha value is -2.87. The highest BCUT2D eigenvalue weighted by molar-refractivity contribution is 7.13. The zero-order chi connectivity index (χ0) is 20.0. The molecule has 0 saturated heterocycles. The first-order valence-electron chi connectivity index (χ1n) is 8.38. The number of hydrogen-bond donors (Lipinski definition) is 2. The summed E-state index contributed by atoms with van der Waals surface area (Å²) in [6.45, 7) is 3.07. The third-order valence-electron chi connectivity index (χ3n) is 3.69. The van der Waals surface area contributed by atoms with Crippen LogP contribution in [-0.4, -0.2) is 44.5 Å². The Kier molecular flexibility index (Phi) is 6.95. The van der Waals surface area contributed by atoms with Crippen molar-refractivity contribution < 1.29 is 19.1 Å². The van der Waals surface area contributed by atoms with Gasteiger partial charge in [0.15, 0.2) is 6.10 Å². The van der Waals surface area contributed by atoms with Crippen LogP contribution in [-0.2, 0) is 14.3 Å². The van der Waals surface area contributed by atoms with Gasteiger partial charge in [0.25, 0.3) is 11.8 Å². The minimum Gasteiger partial charge on any atom is -0.451 e. The summed E-state index contributed by atoms with van der Waals surface area (Å²) in [7, 11) is 3.85. The van der Waals surface area contributed by atoms with Crippen LogP contribution in [0.5, 0.6) is 0 Å². The van der Waals surface area contributed by atoms with Gasteiger partial charge in [0.05, 0.1) is 4.88 Å². The SMILES string of the molecule is Cc1ccc(C(=O)NCC(=O)O[C@@H](C)C(=O)Nc2ccc(N(C)C)cc2)s1. The summed E-state index contributed by atoms with van der Waals surface area (Å²) in [5, 5.41) is 5.17. The number of esters is 1. The number of carbonyl (C=O) groups excluding carboxylic acids is 3. The molecule has 2 rings (SSSR count). The number of nitrogens with zero attached hydrogens (tertiary/aromatic N) is 1. The number of thiophene rings is 1. The van der Waals surface area contributed by atoms with Crippen molar-refractivity contribution in [2.24, 2.45) is 0 Å². The zero-order valence-corrected chi connectivity index (χ0v) is 16.6. The molecule has 0 radical (unpaired) electrons. The van der Waals surface area contributed by atoms with Crippen LogP contribution in [0, 0.1) is 6.92 Å². The lowest BCUT2D eigenvalue weighted by Crippen LogP contribution is -2.35. The number of benzene rings is 1. The minimum absolute atomic E-state index is 0.301. The summed E-state index contributed by atoms with van der Waals surface area (Å²) >= 11 is 1.34. The van der Waals surface area contributed by atoms with E-state index in [0.717, 1.165) is 10.6 Å². The van der Waals surface area contributed by atoms with Gasteiger partial charge in [-0.05, 0) is 50.2 Å². The van der Waals surface area contributed by atoms with Crippen LogP contribution in [0.3, 0.4) is 0 Å². The molecule has 0 aliphatic heterocycles. The van der Waals surface area contributed by atoms with E-state index in [2.05, 4.69) is 10.6 Å². The third kappa shape index (κ3) is 6.10. The second-order valence-electron chi connectivity index (χ2n) is 6.16. The molecule has 2 amide bonds. The highest BCUT2D eigenvalue weighted by atomic mass is 32.1. The van der Waals surface area contributed by atoms with Crippen LogP contribution < -0.4 is 15.5 Å². The fraction of sp³-hybridized carbons (Fsp3) is 0.316. The average Bonchev–Trinajstić information content (AvgIpc) is 3.06. The molecule has 1 atom stereocenters. The van der Waals surface area contributed by atoms with Crippen LogP contribution in [0.25, 0.3) is 0 Å². The minimum atomic E-state index is -0.980. The van der Waals surface area contributed by atoms with Gasteiger partial charge in [-0.1, -0.05) is 0 Å². The molecule has 0 unspecified atom stereocenters. The van der Waals surface area contributed by atoms with Crippen molar-refractivity contribution in [3.05, 3.63) is 46.2 Å². The molecule has 0 saturated carbocycles. The monoisotopic (exact) mass is 389 g/mol. The molecule has 1 aromatic heterocycles. The van der Waals surface area contributed by atoms with Gasteiger partial charge in [0.1, 0.15) is 6.54 Å². The summed E-state index contributed by atoms with van der Waals surface area (Å²) < 4.78 is 5.07. The Labute approximate surface area is 162 Å². The number of aryl methyl sites for hydroxylation is 1. The number of anilines is 2. The molecule has 2 N–H and O–H groups in total. The number of ether oxygens (including phenoxy) is 1. The zero-order valence-electron chi connectivity index (χ0n) is 15.7. The fourth-order valence-corrected chi connectivity index (χ4v) is 2.96. The van der Waals surface area contributed by atoms with Gasteiger partial charge in [-0.3, -0.25) is 14.4 Å². The fourth-order valence-electron chi connectivity index (χ4n) is 2.18. The summed E-state index contributed by atoms with van der Waals surface area (Å²) in [6, 6.07) is 10.8. The Morgan fingerprint density at radius 1 is 1.11 bits per heavy atom. The average molecular weight is 389 g/mol. The van der Waals surface area contributed by atoms with Gasteiger partial charge in [0.2, 0.25) is 0 Å². The Morgan fingerprint density at radius 3 is 2.33 bits per heavy atom. The van der Waals surface area contributed by atoms with E-state index in [1.165, 1.54) is 18.3 Å². The molecular formula is C19H23N3O4S. The second-order valence-corrected chi connectivity index (χ2v) is 7.44. The van der Waals surface area contributed by atoms with Gasteiger partial charge in [0, 0.05) is 30.3 Å². The van der Waals surface area contributed by atoms with E-state index >= 15 is 0 Å². The molecule has 1 heterocycles. The van der Waals surface area contributed by atoms with Crippen molar-refractivity contribution in [2.45, 2.75) is 20.0 Å². The smallest absolute Gasteiger partial charge is 0.326 e. The van der Waals surface area contributed by atoms with E-state index in [-0.39, 0.29) is 12.5 Å². The van der Waals surface area contributed by atoms with Gasteiger partial charge < -0.3 is 20.3 Å². The molecule has 0 aliphatic rings. The highest BCUT2D eigenvalue weighted by Gasteiger charge is 2.19. The van der Waals surface area contributed by atoms with Gasteiger partial charge in [-0.25, -0.2) is 0 Å². The molecule has 144 valence electrons. The van der Waals surface area contributed by atoms with Gasteiger partial charge >= 0.3 is 5.97 Å². The van der Waals surface area contributed by atoms with E-state index in [0.29, 0.717) is 10.6 Å². The van der Waals surface area contributed by atoms with E-state index in [9.17, 15) is 14.4 Å². The van der Waals surface area contributed by atoms with Crippen molar-refractivity contribution in [2.75, 3.05) is 30.9 Å². The molecule has 0 fully saturated rings. The molecule has 8 heteroatoms.